The first-order valence-electron chi connectivity index (χ1n) is 2.67. The van der Waals surface area contributed by atoms with Gasteiger partial charge in [-0.2, -0.15) is 0 Å². The minimum absolute atomic E-state index is 0. The van der Waals surface area contributed by atoms with Crippen LogP contribution in [0, 0.1) is 0 Å². The fraction of sp³-hybridized carbons (Fsp3) is 1.00. The molecule has 2 nitrogen and oxygen atoms in total. The highest BCUT2D eigenvalue weighted by Gasteiger charge is 1.65. The van der Waals surface area contributed by atoms with E-state index in [-0.39, 0.29) is 8.03 Å². The second kappa shape index (κ2) is 16.8. The van der Waals surface area contributed by atoms with E-state index >= 15 is 0 Å². The summed E-state index contributed by atoms with van der Waals surface area (Å²) in [4.78, 5) is 0. The summed E-state index contributed by atoms with van der Waals surface area (Å²) in [6.45, 7) is 4.93. The number of rotatable bonds is 2. The van der Waals surface area contributed by atoms with Crippen molar-refractivity contribution in [1.29, 1.82) is 0 Å². The summed E-state index contributed by atoms with van der Waals surface area (Å²) in [5.74, 6) is 0. The number of hydrogen-bond donors (Lipinski definition) is 2. The van der Waals surface area contributed by atoms with E-state index in [1.807, 2.05) is 13.8 Å². The van der Waals surface area contributed by atoms with Crippen LogP contribution in [0.3, 0.4) is 0 Å². The van der Waals surface area contributed by atoms with Gasteiger partial charge in [0, 0.05) is 7.97 Å². The highest BCUT2D eigenvalue weighted by molar-refractivity contribution is 4.27. The number of aliphatic hydroxyl groups is 1. The normalized spacial score (nSPS) is 6.86. The molecule has 0 aromatic heterocycles. The van der Waals surface area contributed by atoms with Crippen LogP contribution in [0.2, 0.25) is 0 Å². The molecule has 0 radical (unpaired) electrons. The summed E-state index contributed by atoms with van der Waals surface area (Å²) in [6.07, 6.45) is 0. The maximum absolute atomic E-state index is 8.00. The number of hydrogen-bond acceptors (Lipinski definition) is 2. The van der Waals surface area contributed by atoms with Crippen molar-refractivity contribution in [3.63, 3.8) is 0 Å². The second-order valence-electron chi connectivity index (χ2n) is 0.827. The molecule has 48 valence electrons. The van der Waals surface area contributed by atoms with Crippen LogP contribution in [0.4, 0.5) is 0 Å². The zero-order valence-electron chi connectivity index (χ0n) is 5.36. The number of aliphatic hydroxyl groups excluding tert-OH is 1. The van der Waals surface area contributed by atoms with Gasteiger partial charge in [-0.25, -0.2) is 0 Å². The van der Waals surface area contributed by atoms with Crippen molar-refractivity contribution >= 4 is 0 Å². The van der Waals surface area contributed by atoms with Crippen LogP contribution in [-0.4, -0.2) is 25.3 Å². The van der Waals surface area contributed by atoms with Crippen LogP contribution >= 0.6 is 0 Å². The summed E-state index contributed by atoms with van der Waals surface area (Å²) in [5, 5.41) is 10.8. The van der Waals surface area contributed by atoms with Gasteiger partial charge in [-0.15, -0.1) is 0 Å². The molecule has 0 rings (SSSR count). The first kappa shape index (κ1) is 10.0. The van der Waals surface area contributed by atoms with Gasteiger partial charge in [-0.1, -0.05) is 13.8 Å². The summed E-state index contributed by atoms with van der Waals surface area (Å²) in [5.41, 5.74) is 0. The average molecular weight is 107 g/mol. The Hall–Kier alpha value is -0.0800. The fourth-order valence-corrected chi connectivity index (χ4v) is 0.112. The topological polar surface area (TPSA) is 32.3 Å². The molecule has 0 saturated carbocycles. The lowest BCUT2D eigenvalue weighted by atomic mass is 10.7. The lowest BCUT2D eigenvalue weighted by Gasteiger charge is -1.84. The molecule has 0 spiro atoms. The van der Waals surface area contributed by atoms with E-state index in [2.05, 4.69) is 5.32 Å². The van der Waals surface area contributed by atoms with Crippen molar-refractivity contribution in [3.8, 4) is 0 Å². The van der Waals surface area contributed by atoms with Gasteiger partial charge in [0.25, 0.3) is 0 Å². The van der Waals surface area contributed by atoms with Gasteiger partial charge in [-0.3, -0.25) is 0 Å². The zero-order chi connectivity index (χ0) is 6.12. The Balaban J connectivity index is -0.0000000750. The first-order valence-corrected chi connectivity index (χ1v) is 2.67. The van der Waals surface area contributed by atoms with Crippen molar-refractivity contribution in [2.45, 2.75) is 13.8 Å². The molecule has 0 aliphatic carbocycles. The second-order valence-corrected chi connectivity index (χ2v) is 0.827. The van der Waals surface area contributed by atoms with E-state index in [0.29, 0.717) is 6.54 Å². The molecular weight excluding hydrogens is 90.1 g/mol. The monoisotopic (exact) mass is 107 g/mol. The molecule has 0 fully saturated rings. The molecular formula is C5H17NO. The SMILES string of the molecule is CC.CNCCO.[HH]. The van der Waals surface area contributed by atoms with Crippen molar-refractivity contribution in [1.82, 2.24) is 5.32 Å². The molecule has 0 aromatic rings. The van der Waals surface area contributed by atoms with Crippen LogP contribution in [-0.2, 0) is 0 Å². The van der Waals surface area contributed by atoms with Crippen LogP contribution in [0.25, 0.3) is 0 Å². The summed E-state index contributed by atoms with van der Waals surface area (Å²) >= 11 is 0. The number of likely N-dealkylation sites (N-methyl/N-ethyl adjacent to an activating group) is 1. The molecule has 0 aliphatic rings. The third-order valence-electron chi connectivity index (χ3n) is 0.362. The van der Waals surface area contributed by atoms with Crippen LogP contribution in [0.1, 0.15) is 15.3 Å². The van der Waals surface area contributed by atoms with E-state index in [9.17, 15) is 0 Å². The molecule has 7 heavy (non-hydrogen) atoms. The first-order chi connectivity index (χ1) is 3.41. The molecule has 2 N–H and O–H groups in total. The van der Waals surface area contributed by atoms with E-state index in [4.69, 9.17) is 5.11 Å². The Morgan fingerprint density at radius 1 is 1.57 bits per heavy atom. The van der Waals surface area contributed by atoms with Gasteiger partial charge in [0.15, 0.2) is 0 Å². The Labute approximate surface area is 47.0 Å². The molecule has 0 saturated heterocycles. The standard InChI is InChI=1S/C3H9NO.C2H6.H2/c1-4-2-3-5;1-2;/h4-5H,2-3H2,1H3;1-2H3;1H. The third kappa shape index (κ3) is 24.7. The van der Waals surface area contributed by atoms with E-state index in [0.717, 1.165) is 0 Å². The predicted octanol–water partition coefficient (Wildman–Crippen LogP) is 0.470. The van der Waals surface area contributed by atoms with Crippen LogP contribution in [0.5, 0.6) is 0 Å². The van der Waals surface area contributed by atoms with E-state index in [1.165, 1.54) is 0 Å². The molecule has 0 aromatic carbocycles. The van der Waals surface area contributed by atoms with Gasteiger partial charge in [0.1, 0.15) is 0 Å². The van der Waals surface area contributed by atoms with Gasteiger partial charge in [0.05, 0.1) is 6.61 Å². The summed E-state index contributed by atoms with van der Waals surface area (Å²) in [7, 11) is 1.80. The maximum atomic E-state index is 8.00. The molecule has 0 heterocycles. The van der Waals surface area contributed by atoms with Crippen LogP contribution < -0.4 is 5.32 Å². The van der Waals surface area contributed by atoms with Gasteiger partial charge < -0.3 is 10.4 Å². The lowest BCUT2D eigenvalue weighted by Crippen LogP contribution is -2.10. The summed E-state index contributed by atoms with van der Waals surface area (Å²) < 4.78 is 0. The van der Waals surface area contributed by atoms with Gasteiger partial charge in [0.2, 0.25) is 0 Å². The fourth-order valence-electron chi connectivity index (χ4n) is 0.112. The Morgan fingerprint density at radius 2 is 2.00 bits per heavy atom. The van der Waals surface area contributed by atoms with Crippen molar-refractivity contribution in [2.24, 2.45) is 0 Å². The smallest absolute Gasteiger partial charge is 0.0555 e. The number of nitrogens with one attached hydrogen (secondary N) is 1. The predicted molar refractivity (Wildman–Crippen MR) is 34.5 cm³/mol. The Morgan fingerprint density at radius 3 is 2.00 bits per heavy atom. The van der Waals surface area contributed by atoms with E-state index < -0.39 is 0 Å². The quantitative estimate of drug-likeness (QED) is 0.537. The molecule has 0 bridgehead atoms. The van der Waals surface area contributed by atoms with Crippen molar-refractivity contribution in [3.05, 3.63) is 0 Å². The Bertz CT molecular complexity index is 19.9. The lowest BCUT2D eigenvalue weighted by molar-refractivity contribution is 0.296. The van der Waals surface area contributed by atoms with Crippen LogP contribution in [0.15, 0.2) is 0 Å². The molecule has 0 atom stereocenters. The highest BCUT2D eigenvalue weighted by Crippen LogP contribution is 1.42. The largest absolute Gasteiger partial charge is 0.395 e. The van der Waals surface area contributed by atoms with Gasteiger partial charge >= 0.3 is 0 Å². The Kier molecular flexibility index (Phi) is 24.1. The maximum Gasteiger partial charge on any atom is 0.0555 e. The van der Waals surface area contributed by atoms with Crippen molar-refractivity contribution < 1.29 is 6.53 Å². The molecule has 0 unspecified atom stereocenters. The average Bonchev–Trinajstić information content (AvgIpc) is 1.75. The minimum atomic E-state index is 0. The third-order valence-corrected chi connectivity index (χ3v) is 0.362. The van der Waals surface area contributed by atoms with E-state index in [1.54, 1.807) is 7.05 Å². The zero-order valence-corrected chi connectivity index (χ0v) is 5.36. The molecule has 0 aliphatic heterocycles. The van der Waals surface area contributed by atoms with Crippen molar-refractivity contribution in [2.75, 3.05) is 20.2 Å². The minimum Gasteiger partial charge on any atom is -0.395 e. The van der Waals surface area contributed by atoms with Gasteiger partial charge in [-0.05, 0) is 7.05 Å². The highest BCUT2D eigenvalue weighted by atomic mass is 16.3. The molecule has 2 heteroatoms. The summed E-state index contributed by atoms with van der Waals surface area (Å²) in [6, 6.07) is 0. The molecule has 0 amide bonds.